The maximum absolute atomic E-state index is 11.9. The highest BCUT2D eigenvalue weighted by atomic mass is 16.5. The van der Waals surface area contributed by atoms with Crippen molar-refractivity contribution in [2.75, 3.05) is 13.7 Å². The highest BCUT2D eigenvalue weighted by Crippen LogP contribution is 2.20. The second-order valence-electron chi connectivity index (χ2n) is 4.89. The number of carbonyl (C=O) groups is 1. The van der Waals surface area contributed by atoms with E-state index in [0.29, 0.717) is 18.9 Å². The lowest BCUT2D eigenvalue weighted by Crippen LogP contribution is -2.25. The smallest absolute Gasteiger partial charge is 0.138 e. The summed E-state index contributed by atoms with van der Waals surface area (Å²) in [5.74, 6) is 1.04. The molecule has 0 amide bonds. The van der Waals surface area contributed by atoms with Crippen LogP contribution in [0.15, 0.2) is 18.2 Å². The topological polar surface area (TPSA) is 38.3 Å². The molecule has 0 saturated heterocycles. The summed E-state index contributed by atoms with van der Waals surface area (Å²) in [6, 6.07) is 6.36. The number of methoxy groups -OCH3 is 1. The highest BCUT2D eigenvalue weighted by molar-refractivity contribution is 5.81. The van der Waals surface area contributed by atoms with E-state index in [9.17, 15) is 4.79 Å². The summed E-state index contributed by atoms with van der Waals surface area (Å²) in [6.07, 6.45) is 1.01. The Labute approximate surface area is 110 Å². The van der Waals surface area contributed by atoms with Crippen molar-refractivity contribution in [1.29, 1.82) is 0 Å². The van der Waals surface area contributed by atoms with Crippen LogP contribution in [0.25, 0.3) is 0 Å². The van der Waals surface area contributed by atoms with Crippen LogP contribution >= 0.6 is 0 Å². The van der Waals surface area contributed by atoms with Crippen molar-refractivity contribution in [3.63, 3.8) is 0 Å². The van der Waals surface area contributed by atoms with Crippen LogP contribution in [-0.4, -0.2) is 25.5 Å². The molecule has 0 saturated carbocycles. The predicted octanol–water partition coefficient (Wildman–Crippen LogP) is 2.50. The molecule has 0 atom stereocenters. The summed E-state index contributed by atoms with van der Waals surface area (Å²) in [6.45, 7) is 6.92. The van der Waals surface area contributed by atoms with Crippen molar-refractivity contribution in [2.45, 2.75) is 39.7 Å². The first kappa shape index (κ1) is 14.7. The van der Waals surface area contributed by atoms with Crippen LogP contribution in [0.3, 0.4) is 0 Å². The minimum atomic E-state index is 0.243. The van der Waals surface area contributed by atoms with Crippen molar-refractivity contribution < 1.29 is 9.53 Å². The number of aryl methyl sites for hydroxylation is 1. The molecule has 0 bridgehead atoms. The molecule has 1 aromatic rings. The number of hydrogen-bond acceptors (Lipinski definition) is 3. The van der Waals surface area contributed by atoms with Crippen LogP contribution in [0.2, 0.25) is 0 Å². The van der Waals surface area contributed by atoms with E-state index in [1.54, 1.807) is 7.11 Å². The van der Waals surface area contributed by atoms with E-state index in [-0.39, 0.29) is 5.78 Å². The fourth-order valence-corrected chi connectivity index (χ4v) is 1.85. The van der Waals surface area contributed by atoms with Crippen molar-refractivity contribution in [3.8, 4) is 5.75 Å². The van der Waals surface area contributed by atoms with E-state index in [2.05, 4.69) is 19.2 Å². The van der Waals surface area contributed by atoms with Gasteiger partial charge in [-0.15, -0.1) is 0 Å². The fourth-order valence-electron chi connectivity index (χ4n) is 1.85. The Hall–Kier alpha value is -1.35. The molecule has 0 aromatic heterocycles. The van der Waals surface area contributed by atoms with Gasteiger partial charge in [-0.3, -0.25) is 4.79 Å². The van der Waals surface area contributed by atoms with Gasteiger partial charge >= 0.3 is 0 Å². The van der Waals surface area contributed by atoms with E-state index in [0.717, 1.165) is 23.4 Å². The molecular formula is C15H23NO2. The number of ether oxygens (including phenoxy) is 1. The molecule has 0 unspecified atom stereocenters. The van der Waals surface area contributed by atoms with Gasteiger partial charge in [-0.05, 0) is 13.0 Å². The molecule has 0 heterocycles. The maximum Gasteiger partial charge on any atom is 0.138 e. The van der Waals surface area contributed by atoms with Crippen molar-refractivity contribution in [3.05, 3.63) is 29.3 Å². The zero-order chi connectivity index (χ0) is 13.5. The molecule has 18 heavy (non-hydrogen) atoms. The third kappa shape index (κ3) is 4.88. The lowest BCUT2D eigenvalue weighted by molar-refractivity contribution is -0.118. The molecular weight excluding hydrogens is 226 g/mol. The van der Waals surface area contributed by atoms with E-state index >= 15 is 0 Å². The van der Waals surface area contributed by atoms with Crippen LogP contribution < -0.4 is 10.1 Å². The predicted molar refractivity (Wildman–Crippen MR) is 74.2 cm³/mol. The third-order valence-electron chi connectivity index (χ3n) is 2.78. The number of rotatable bonds is 7. The molecule has 0 aliphatic rings. The number of carbonyl (C=O) groups excluding carboxylic acids is 1. The van der Waals surface area contributed by atoms with Gasteiger partial charge in [0.05, 0.1) is 7.11 Å². The highest BCUT2D eigenvalue weighted by Gasteiger charge is 2.09. The SMILES string of the molecule is COc1ccc(C)cc1CC(=O)CCNC(C)C. The van der Waals surface area contributed by atoms with Gasteiger partial charge in [0.1, 0.15) is 11.5 Å². The van der Waals surface area contributed by atoms with Crippen LogP contribution in [0.1, 0.15) is 31.4 Å². The molecule has 1 aromatic carbocycles. The maximum atomic E-state index is 11.9. The summed E-state index contributed by atoms with van der Waals surface area (Å²) in [5, 5.41) is 3.25. The monoisotopic (exact) mass is 249 g/mol. The Bertz CT molecular complexity index is 399. The minimum Gasteiger partial charge on any atom is -0.496 e. The van der Waals surface area contributed by atoms with Gasteiger partial charge < -0.3 is 10.1 Å². The average Bonchev–Trinajstić information content (AvgIpc) is 2.28. The molecule has 3 heteroatoms. The van der Waals surface area contributed by atoms with Crippen LogP contribution in [0.5, 0.6) is 5.75 Å². The number of Topliss-reactive ketones (excluding diaryl/α,β-unsaturated/α-hetero) is 1. The van der Waals surface area contributed by atoms with Crippen molar-refractivity contribution in [1.82, 2.24) is 5.32 Å². The van der Waals surface area contributed by atoms with Crippen LogP contribution in [-0.2, 0) is 11.2 Å². The fraction of sp³-hybridized carbons (Fsp3) is 0.533. The van der Waals surface area contributed by atoms with Gasteiger partial charge in [0.2, 0.25) is 0 Å². The van der Waals surface area contributed by atoms with Crippen LogP contribution in [0, 0.1) is 6.92 Å². The Balaban J connectivity index is 2.55. The Morgan fingerprint density at radius 2 is 2.11 bits per heavy atom. The van der Waals surface area contributed by atoms with Gasteiger partial charge in [-0.2, -0.15) is 0 Å². The normalized spacial score (nSPS) is 10.7. The van der Waals surface area contributed by atoms with Gasteiger partial charge in [0.25, 0.3) is 0 Å². The summed E-state index contributed by atoms with van der Waals surface area (Å²) in [4.78, 5) is 11.9. The molecule has 1 N–H and O–H groups in total. The van der Waals surface area contributed by atoms with Crippen LogP contribution in [0.4, 0.5) is 0 Å². The van der Waals surface area contributed by atoms with E-state index in [1.807, 2.05) is 25.1 Å². The first-order chi connectivity index (χ1) is 8.52. The number of ketones is 1. The minimum absolute atomic E-state index is 0.243. The van der Waals surface area contributed by atoms with E-state index in [4.69, 9.17) is 4.74 Å². The zero-order valence-corrected chi connectivity index (χ0v) is 11.7. The summed E-state index contributed by atoms with van der Waals surface area (Å²) >= 11 is 0. The first-order valence-corrected chi connectivity index (χ1v) is 6.41. The van der Waals surface area contributed by atoms with Gasteiger partial charge in [-0.1, -0.05) is 31.5 Å². The molecule has 0 radical (unpaired) electrons. The molecule has 0 aliphatic carbocycles. The van der Waals surface area contributed by atoms with Crippen molar-refractivity contribution in [2.24, 2.45) is 0 Å². The van der Waals surface area contributed by atoms with Gasteiger partial charge in [0.15, 0.2) is 0 Å². The summed E-state index contributed by atoms with van der Waals surface area (Å²) in [5.41, 5.74) is 2.13. The molecule has 3 nitrogen and oxygen atoms in total. The largest absolute Gasteiger partial charge is 0.496 e. The second kappa shape index (κ2) is 7.17. The van der Waals surface area contributed by atoms with E-state index in [1.165, 1.54) is 0 Å². The second-order valence-corrected chi connectivity index (χ2v) is 4.89. The zero-order valence-electron chi connectivity index (χ0n) is 11.7. The first-order valence-electron chi connectivity index (χ1n) is 6.41. The lowest BCUT2D eigenvalue weighted by Gasteiger charge is -2.10. The number of hydrogen-bond donors (Lipinski definition) is 1. The summed E-state index contributed by atoms with van der Waals surface area (Å²) in [7, 11) is 1.64. The Kier molecular flexibility index (Phi) is 5.86. The average molecular weight is 249 g/mol. The number of benzene rings is 1. The molecule has 100 valence electrons. The standard InChI is InChI=1S/C15H23NO2/c1-11(2)16-8-7-14(17)10-13-9-12(3)5-6-15(13)18-4/h5-6,9,11,16H,7-8,10H2,1-4H3. The lowest BCUT2D eigenvalue weighted by atomic mass is 10.0. The molecule has 0 fully saturated rings. The van der Waals surface area contributed by atoms with Gasteiger partial charge in [-0.25, -0.2) is 0 Å². The Morgan fingerprint density at radius 1 is 1.39 bits per heavy atom. The third-order valence-corrected chi connectivity index (χ3v) is 2.78. The van der Waals surface area contributed by atoms with E-state index < -0.39 is 0 Å². The molecule has 0 aliphatic heterocycles. The van der Waals surface area contributed by atoms with Gasteiger partial charge in [0, 0.05) is 31.0 Å². The summed E-state index contributed by atoms with van der Waals surface area (Å²) < 4.78 is 5.28. The molecule has 0 spiro atoms. The Morgan fingerprint density at radius 3 is 2.72 bits per heavy atom. The quantitative estimate of drug-likeness (QED) is 0.807. The van der Waals surface area contributed by atoms with Crippen molar-refractivity contribution >= 4 is 5.78 Å². The number of nitrogens with one attached hydrogen (secondary N) is 1. The molecule has 1 rings (SSSR count).